The predicted octanol–water partition coefficient (Wildman–Crippen LogP) is 1.73. The van der Waals surface area contributed by atoms with Crippen LogP contribution in [-0.4, -0.2) is 36.7 Å². The zero-order valence-electron chi connectivity index (χ0n) is 11.1. The molecule has 1 amide bonds. The number of carbonyl (C=O) groups is 2. The first kappa shape index (κ1) is 16.4. The van der Waals surface area contributed by atoms with Crippen molar-refractivity contribution in [3.05, 3.63) is 28.8 Å². The number of carboxylic acid groups (broad SMARTS) is 1. The fraction of sp³-hybridized carbons (Fsp3) is 0.385. The summed E-state index contributed by atoms with van der Waals surface area (Å²) in [5, 5.41) is 11.6. The Morgan fingerprint density at radius 2 is 2.20 bits per heavy atom. The van der Waals surface area contributed by atoms with Crippen LogP contribution >= 0.6 is 11.6 Å². The normalized spacial score (nSPS) is 11.9. The van der Waals surface area contributed by atoms with E-state index in [1.54, 1.807) is 7.11 Å². The molecule has 0 saturated heterocycles. The molecule has 0 fully saturated rings. The lowest BCUT2D eigenvalue weighted by atomic mass is 10.1. The summed E-state index contributed by atoms with van der Waals surface area (Å²) >= 11 is 5.74. The van der Waals surface area contributed by atoms with Gasteiger partial charge >= 0.3 is 5.97 Å². The van der Waals surface area contributed by atoms with Gasteiger partial charge < -0.3 is 20.9 Å². The quantitative estimate of drug-likeness (QED) is 0.666. The van der Waals surface area contributed by atoms with E-state index in [4.69, 9.17) is 27.2 Å². The van der Waals surface area contributed by atoms with Crippen LogP contribution in [0, 0.1) is 0 Å². The first-order chi connectivity index (χ1) is 9.45. The van der Waals surface area contributed by atoms with Crippen LogP contribution in [0.5, 0.6) is 0 Å². The van der Waals surface area contributed by atoms with Gasteiger partial charge in [-0.3, -0.25) is 4.79 Å². The van der Waals surface area contributed by atoms with Gasteiger partial charge in [0.2, 0.25) is 5.91 Å². The van der Waals surface area contributed by atoms with Gasteiger partial charge in [-0.2, -0.15) is 0 Å². The van der Waals surface area contributed by atoms with Gasteiger partial charge in [0, 0.05) is 19.4 Å². The smallest absolute Gasteiger partial charge is 0.337 e. The number of ether oxygens (including phenoxy) is 1. The van der Waals surface area contributed by atoms with Crippen LogP contribution in [0.2, 0.25) is 5.02 Å². The van der Waals surface area contributed by atoms with Gasteiger partial charge in [-0.25, -0.2) is 4.79 Å². The minimum absolute atomic E-state index is 0.0718. The van der Waals surface area contributed by atoms with Gasteiger partial charge in [0.1, 0.15) is 0 Å². The summed E-state index contributed by atoms with van der Waals surface area (Å²) in [6, 6.07) is 3.56. The number of amides is 1. The highest BCUT2D eigenvalue weighted by Gasteiger charge is 2.15. The second kappa shape index (κ2) is 7.84. The number of anilines is 1. The van der Waals surface area contributed by atoms with Crippen molar-refractivity contribution in [1.29, 1.82) is 0 Å². The van der Waals surface area contributed by atoms with E-state index >= 15 is 0 Å². The van der Waals surface area contributed by atoms with Crippen LogP contribution < -0.4 is 11.1 Å². The molecule has 0 spiro atoms. The molecule has 1 rings (SSSR count). The molecule has 20 heavy (non-hydrogen) atoms. The number of halogens is 1. The summed E-state index contributed by atoms with van der Waals surface area (Å²) in [7, 11) is 1.58. The number of rotatable bonds is 7. The third-order valence-electron chi connectivity index (χ3n) is 2.66. The van der Waals surface area contributed by atoms with E-state index in [-0.39, 0.29) is 16.5 Å². The molecule has 0 aliphatic heterocycles. The van der Waals surface area contributed by atoms with E-state index in [0.29, 0.717) is 25.1 Å². The molecule has 0 aromatic heterocycles. The Kier molecular flexibility index (Phi) is 6.44. The fourth-order valence-corrected chi connectivity index (χ4v) is 1.78. The molecule has 6 nitrogen and oxygen atoms in total. The number of nitrogens with one attached hydrogen (secondary N) is 1. The van der Waals surface area contributed by atoms with Crippen LogP contribution in [0.4, 0.5) is 5.69 Å². The summed E-state index contributed by atoms with van der Waals surface area (Å²) in [5.41, 5.74) is 6.00. The Hall–Kier alpha value is -1.63. The maximum atomic E-state index is 11.8. The van der Waals surface area contributed by atoms with Crippen LogP contribution in [-0.2, 0) is 9.53 Å². The van der Waals surface area contributed by atoms with Crippen LogP contribution in [0.15, 0.2) is 18.2 Å². The van der Waals surface area contributed by atoms with Gasteiger partial charge in [-0.05, 0) is 31.0 Å². The second-order valence-electron chi connectivity index (χ2n) is 4.23. The zero-order valence-corrected chi connectivity index (χ0v) is 11.8. The Labute approximate surface area is 121 Å². The SMILES string of the molecule is COCCCC(N)C(=O)Nc1ccc(Cl)c(C(=O)O)c1. The second-order valence-corrected chi connectivity index (χ2v) is 4.64. The van der Waals surface area contributed by atoms with Crippen LogP contribution in [0.25, 0.3) is 0 Å². The number of hydrogen-bond donors (Lipinski definition) is 3. The standard InChI is InChI=1S/C13H17ClN2O4/c1-20-6-2-3-11(15)12(17)16-8-4-5-10(14)9(7-8)13(18)19/h4-5,7,11H,2-3,6,15H2,1H3,(H,16,17)(H,18,19). The Morgan fingerprint density at radius 1 is 1.50 bits per heavy atom. The molecule has 0 aliphatic rings. The van der Waals surface area contributed by atoms with Crippen LogP contribution in [0.1, 0.15) is 23.2 Å². The van der Waals surface area contributed by atoms with Crippen molar-refractivity contribution < 1.29 is 19.4 Å². The Balaban J connectivity index is 2.66. The number of carbonyl (C=O) groups excluding carboxylic acids is 1. The average Bonchev–Trinajstić information content (AvgIpc) is 2.40. The molecule has 0 saturated carbocycles. The third-order valence-corrected chi connectivity index (χ3v) is 2.99. The molecule has 1 aromatic carbocycles. The van der Waals surface area contributed by atoms with Crippen molar-refractivity contribution in [1.82, 2.24) is 0 Å². The molecule has 1 atom stereocenters. The summed E-state index contributed by atoms with van der Waals surface area (Å²) < 4.78 is 4.88. The van der Waals surface area contributed by atoms with Gasteiger partial charge in [-0.1, -0.05) is 11.6 Å². The highest BCUT2D eigenvalue weighted by atomic mass is 35.5. The van der Waals surface area contributed by atoms with Crippen molar-refractivity contribution >= 4 is 29.2 Å². The summed E-state index contributed by atoms with van der Waals surface area (Å²) in [5.74, 6) is -1.53. The van der Waals surface area contributed by atoms with Gasteiger partial charge in [-0.15, -0.1) is 0 Å². The molecule has 1 unspecified atom stereocenters. The van der Waals surface area contributed by atoms with E-state index < -0.39 is 12.0 Å². The molecule has 1 aromatic rings. The first-order valence-corrected chi connectivity index (χ1v) is 6.41. The number of nitrogens with two attached hydrogens (primary N) is 1. The number of benzene rings is 1. The number of hydrogen-bond acceptors (Lipinski definition) is 4. The zero-order chi connectivity index (χ0) is 15.1. The van der Waals surface area contributed by atoms with Crippen molar-refractivity contribution in [3.63, 3.8) is 0 Å². The van der Waals surface area contributed by atoms with Crippen LogP contribution in [0.3, 0.4) is 0 Å². The lowest BCUT2D eigenvalue weighted by Crippen LogP contribution is -2.35. The van der Waals surface area contributed by atoms with E-state index in [0.717, 1.165) is 0 Å². The van der Waals surface area contributed by atoms with E-state index in [2.05, 4.69) is 5.32 Å². The molecule has 7 heteroatoms. The highest BCUT2D eigenvalue weighted by molar-refractivity contribution is 6.33. The summed E-state index contributed by atoms with van der Waals surface area (Å²) in [4.78, 5) is 22.7. The first-order valence-electron chi connectivity index (χ1n) is 6.04. The molecular formula is C13H17ClN2O4. The Bertz CT molecular complexity index is 493. The van der Waals surface area contributed by atoms with Crippen molar-refractivity contribution in [2.45, 2.75) is 18.9 Å². The molecule has 0 aliphatic carbocycles. The Morgan fingerprint density at radius 3 is 2.80 bits per heavy atom. The lowest BCUT2D eigenvalue weighted by Gasteiger charge is -2.12. The van der Waals surface area contributed by atoms with E-state index in [1.807, 2.05) is 0 Å². The van der Waals surface area contributed by atoms with Gasteiger partial charge in [0.05, 0.1) is 16.6 Å². The van der Waals surface area contributed by atoms with Crippen molar-refractivity contribution in [2.75, 3.05) is 19.0 Å². The maximum absolute atomic E-state index is 11.8. The minimum atomic E-state index is -1.16. The summed E-state index contributed by atoms with van der Waals surface area (Å²) in [6.45, 7) is 0.533. The number of methoxy groups -OCH3 is 1. The molecular weight excluding hydrogens is 284 g/mol. The molecule has 0 heterocycles. The molecule has 0 radical (unpaired) electrons. The predicted molar refractivity (Wildman–Crippen MR) is 76.1 cm³/mol. The van der Waals surface area contributed by atoms with Gasteiger partial charge in [0.25, 0.3) is 0 Å². The van der Waals surface area contributed by atoms with E-state index in [9.17, 15) is 9.59 Å². The topological polar surface area (TPSA) is 102 Å². The summed E-state index contributed by atoms with van der Waals surface area (Å²) in [6.07, 6.45) is 1.16. The molecule has 0 bridgehead atoms. The largest absolute Gasteiger partial charge is 0.478 e. The van der Waals surface area contributed by atoms with Crippen molar-refractivity contribution in [3.8, 4) is 0 Å². The number of carboxylic acids is 1. The molecule has 110 valence electrons. The van der Waals surface area contributed by atoms with Crippen molar-refractivity contribution in [2.24, 2.45) is 5.73 Å². The van der Waals surface area contributed by atoms with E-state index in [1.165, 1.54) is 18.2 Å². The lowest BCUT2D eigenvalue weighted by molar-refractivity contribution is -0.117. The minimum Gasteiger partial charge on any atom is -0.478 e. The third kappa shape index (κ3) is 4.80. The monoisotopic (exact) mass is 300 g/mol. The number of aromatic carboxylic acids is 1. The highest BCUT2D eigenvalue weighted by Crippen LogP contribution is 2.20. The maximum Gasteiger partial charge on any atom is 0.337 e. The molecule has 4 N–H and O–H groups in total. The van der Waals surface area contributed by atoms with Gasteiger partial charge in [0.15, 0.2) is 0 Å². The average molecular weight is 301 g/mol. The fourth-order valence-electron chi connectivity index (χ4n) is 1.58.